The number of hydrogen-bond donors (Lipinski definition) is 2. The lowest BCUT2D eigenvalue weighted by Gasteiger charge is -2.61. The highest BCUT2D eigenvalue weighted by Gasteiger charge is 2.54. The number of carbonyl (C=O) groups excluding carboxylic acids is 2. The fraction of sp³-hybridized carbons (Fsp3) is 0.710. The molecule has 1 aromatic heterocycles. The number of rotatable bonds is 10. The third kappa shape index (κ3) is 4.60. The zero-order valence-electron chi connectivity index (χ0n) is 23.3. The summed E-state index contributed by atoms with van der Waals surface area (Å²) in [5.41, 5.74) is 9.39. The minimum Gasteiger partial charge on any atom is -0.330 e. The minimum atomic E-state index is -0.373. The van der Waals surface area contributed by atoms with E-state index < -0.39 is 0 Å². The van der Waals surface area contributed by atoms with Crippen LogP contribution in [0.4, 0.5) is 0 Å². The van der Waals surface area contributed by atoms with Crippen LogP contribution in [0.5, 0.6) is 0 Å². The summed E-state index contributed by atoms with van der Waals surface area (Å²) in [5, 5.41) is 8.51. The molecule has 5 aliphatic rings. The Morgan fingerprint density at radius 3 is 2.42 bits per heavy atom. The van der Waals surface area contributed by atoms with Gasteiger partial charge in [-0.15, -0.1) is 0 Å². The summed E-state index contributed by atoms with van der Waals surface area (Å²) < 4.78 is 2.00. The smallest absolute Gasteiger partial charge is 0.235 e. The van der Waals surface area contributed by atoms with Gasteiger partial charge in [-0.2, -0.15) is 5.10 Å². The first-order valence-electron chi connectivity index (χ1n) is 15.1. The number of nitrogens with zero attached hydrogens (tertiary/aromatic N) is 3. The lowest BCUT2D eigenvalue weighted by atomic mass is 9.52. The summed E-state index contributed by atoms with van der Waals surface area (Å²) in [7, 11) is 4.43. The molecule has 4 saturated carbocycles. The molecule has 38 heavy (non-hydrogen) atoms. The number of nitrogens with two attached hydrogens (primary N) is 1. The molecule has 1 aromatic carbocycles. The lowest BCUT2D eigenvalue weighted by Crippen LogP contribution is -2.59. The average Bonchev–Trinajstić information content (AvgIpc) is 3.21. The van der Waals surface area contributed by atoms with Crippen molar-refractivity contribution in [3.05, 3.63) is 29.5 Å². The molecule has 206 valence electrons. The van der Waals surface area contributed by atoms with Crippen molar-refractivity contribution < 1.29 is 9.59 Å². The number of nitrogens with one attached hydrogen (secondary N) is 1. The van der Waals surface area contributed by atoms with Crippen molar-refractivity contribution in [1.82, 2.24) is 20.0 Å². The van der Waals surface area contributed by atoms with Gasteiger partial charge in [-0.25, -0.2) is 0 Å². The van der Waals surface area contributed by atoms with Gasteiger partial charge in [0.1, 0.15) is 0 Å². The molecule has 1 aliphatic heterocycles. The molecule has 2 aromatic rings. The largest absolute Gasteiger partial charge is 0.330 e. The summed E-state index contributed by atoms with van der Waals surface area (Å²) in [6.45, 7) is 0.772. The van der Waals surface area contributed by atoms with E-state index in [1.54, 1.807) is 0 Å². The van der Waals surface area contributed by atoms with Gasteiger partial charge < -0.3 is 5.73 Å². The van der Waals surface area contributed by atoms with Crippen LogP contribution in [0.3, 0.4) is 0 Å². The van der Waals surface area contributed by atoms with E-state index in [9.17, 15) is 9.59 Å². The number of imide groups is 1. The van der Waals surface area contributed by atoms with Crippen molar-refractivity contribution >= 4 is 22.7 Å². The Morgan fingerprint density at radius 1 is 1.08 bits per heavy atom. The van der Waals surface area contributed by atoms with Crippen LogP contribution in [0.15, 0.2) is 18.2 Å². The Bertz CT molecular complexity index is 1170. The molecule has 7 heteroatoms. The molecule has 7 rings (SSSR count). The number of aromatic nitrogens is 2. The molecule has 0 spiro atoms. The lowest BCUT2D eigenvalue weighted by molar-refractivity contribution is -0.134. The van der Waals surface area contributed by atoms with Gasteiger partial charge in [0.2, 0.25) is 11.8 Å². The molecule has 4 bridgehead atoms. The number of aryl methyl sites for hydroxylation is 1. The normalized spacial score (nSPS) is 31.4. The van der Waals surface area contributed by atoms with Crippen molar-refractivity contribution in [2.45, 2.75) is 101 Å². The second-order valence-corrected chi connectivity index (χ2v) is 13.0. The number of hydrogen-bond acceptors (Lipinski definition) is 5. The van der Waals surface area contributed by atoms with Crippen molar-refractivity contribution in [1.29, 1.82) is 0 Å². The molecule has 1 saturated heterocycles. The highest BCUT2D eigenvalue weighted by Crippen LogP contribution is 2.59. The van der Waals surface area contributed by atoms with Crippen LogP contribution in [0, 0.1) is 17.8 Å². The van der Waals surface area contributed by atoms with E-state index in [4.69, 9.17) is 10.8 Å². The average molecular weight is 520 g/mol. The van der Waals surface area contributed by atoms with Crippen LogP contribution < -0.4 is 11.1 Å². The number of carbonyl (C=O) groups is 2. The molecule has 0 radical (unpaired) electrons. The van der Waals surface area contributed by atoms with Crippen LogP contribution in [-0.4, -0.2) is 45.6 Å². The monoisotopic (exact) mass is 519 g/mol. The van der Waals surface area contributed by atoms with E-state index in [0.717, 1.165) is 53.7 Å². The first-order valence-corrected chi connectivity index (χ1v) is 15.1. The number of piperidine rings is 1. The first-order chi connectivity index (χ1) is 18.4. The van der Waals surface area contributed by atoms with Crippen molar-refractivity contribution in [2.24, 2.45) is 30.5 Å². The van der Waals surface area contributed by atoms with Gasteiger partial charge in [-0.1, -0.05) is 37.5 Å². The zero-order chi connectivity index (χ0) is 26.4. The van der Waals surface area contributed by atoms with Gasteiger partial charge in [0.05, 0.1) is 17.1 Å². The third-order valence-corrected chi connectivity index (χ3v) is 10.5. The van der Waals surface area contributed by atoms with Gasteiger partial charge in [-0.05, 0) is 94.7 Å². The van der Waals surface area contributed by atoms with Crippen molar-refractivity contribution in [2.75, 3.05) is 13.6 Å². The maximum absolute atomic E-state index is 12.8. The van der Waals surface area contributed by atoms with Gasteiger partial charge in [0.25, 0.3) is 0 Å². The topological polar surface area (TPSA) is 93.2 Å². The van der Waals surface area contributed by atoms with Crippen LogP contribution in [0.1, 0.15) is 107 Å². The Morgan fingerprint density at radius 2 is 1.76 bits per heavy atom. The Hall–Kier alpha value is -2.25. The first kappa shape index (κ1) is 26.0. The highest BCUT2D eigenvalue weighted by atomic mass is 16.2. The van der Waals surface area contributed by atoms with Crippen LogP contribution >= 0.6 is 0 Å². The van der Waals surface area contributed by atoms with E-state index in [-0.39, 0.29) is 17.7 Å². The van der Waals surface area contributed by atoms with Crippen LogP contribution in [-0.2, 0) is 16.6 Å². The Labute approximate surface area is 226 Å². The van der Waals surface area contributed by atoms with E-state index in [2.05, 4.69) is 35.5 Å². The maximum Gasteiger partial charge on any atom is 0.235 e. The molecule has 3 N–H and O–H groups in total. The third-order valence-electron chi connectivity index (χ3n) is 10.5. The quantitative estimate of drug-likeness (QED) is 0.342. The number of benzene rings is 1. The second-order valence-electron chi connectivity index (χ2n) is 13.0. The molecule has 2 amide bonds. The standard InChI is InChI=1S/C31H45N5O2/c1-35(31-17-20-14-21(18-31)16-22(15-20)19-31)26(10-5-3-4-6-13-32)23-8-7-9-24-28(34-36(2)29(23)24)25-11-12-27(37)33-30(25)38/h7-9,20-22,25-26H,3-6,10-19,32H2,1-2H3,(H,33,37,38). The zero-order valence-corrected chi connectivity index (χ0v) is 23.3. The SMILES string of the molecule is CN(C(CCCCCCN)c1cccc2c(C3CCC(=O)NC3=O)nn(C)c12)C12CC3CC(CC(C3)C1)C2. The summed E-state index contributed by atoms with van der Waals surface area (Å²) in [6.07, 6.45) is 15.1. The number of fused-ring (bicyclic) bond motifs is 1. The summed E-state index contributed by atoms with van der Waals surface area (Å²) >= 11 is 0. The number of unbranched alkanes of at least 4 members (excludes halogenated alkanes) is 3. The molecule has 2 heterocycles. The van der Waals surface area contributed by atoms with Gasteiger partial charge >= 0.3 is 0 Å². The highest BCUT2D eigenvalue weighted by molar-refractivity contribution is 6.02. The predicted molar refractivity (Wildman–Crippen MR) is 149 cm³/mol. The maximum atomic E-state index is 12.8. The fourth-order valence-corrected chi connectivity index (χ4v) is 9.10. The van der Waals surface area contributed by atoms with Gasteiger partial charge in [0.15, 0.2) is 0 Å². The van der Waals surface area contributed by atoms with E-state index in [1.807, 2.05) is 11.7 Å². The van der Waals surface area contributed by atoms with Crippen molar-refractivity contribution in [3.8, 4) is 0 Å². The molecular formula is C31H45N5O2. The minimum absolute atomic E-state index is 0.181. The molecule has 5 fully saturated rings. The van der Waals surface area contributed by atoms with E-state index in [0.29, 0.717) is 24.4 Å². The van der Waals surface area contributed by atoms with Gasteiger partial charge in [-0.3, -0.25) is 24.5 Å². The van der Waals surface area contributed by atoms with E-state index >= 15 is 0 Å². The molecule has 4 aliphatic carbocycles. The van der Waals surface area contributed by atoms with Crippen LogP contribution in [0.2, 0.25) is 0 Å². The van der Waals surface area contributed by atoms with Crippen molar-refractivity contribution in [3.63, 3.8) is 0 Å². The molecular weight excluding hydrogens is 474 g/mol. The predicted octanol–water partition coefficient (Wildman–Crippen LogP) is 4.94. The molecule has 7 nitrogen and oxygen atoms in total. The summed E-state index contributed by atoms with van der Waals surface area (Å²) in [5.74, 6) is 1.94. The summed E-state index contributed by atoms with van der Waals surface area (Å²) in [4.78, 5) is 27.4. The molecule has 2 atom stereocenters. The van der Waals surface area contributed by atoms with E-state index in [1.165, 1.54) is 63.4 Å². The Kier molecular flexibility index (Phi) is 7.10. The van der Waals surface area contributed by atoms with Crippen LogP contribution in [0.25, 0.3) is 10.9 Å². The summed E-state index contributed by atoms with van der Waals surface area (Å²) in [6, 6.07) is 6.90. The number of para-hydroxylation sites is 1. The Balaban J connectivity index is 1.36. The number of amides is 2. The second kappa shape index (κ2) is 10.4. The van der Waals surface area contributed by atoms with Gasteiger partial charge in [0, 0.05) is 30.4 Å². The fourth-order valence-electron chi connectivity index (χ4n) is 9.10. The molecule has 2 unspecified atom stereocenters.